The van der Waals surface area contributed by atoms with Gasteiger partial charge in [0.05, 0.1) is 0 Å². The molecule has 2 N–H and O–H groups in total. The summed E-state index contributed by atoms with van der Waals surface area (Å²) in [6.45, 7) is 1.98. The second-order valence-corrected chi connectivity index (χ2v) is 2.66. The summed E-state index contributed by atoms with van der Waals surface area (Å²) < 4.78 is 0. The van der Waals surface area contributed by atoms with Crippen LogP contribution < -0.4 is 5.32 Å². The number of nitrogens with one attached hydrogen (secondary N) is 1. The van der Waals surface area contributed by atoms with E-state index in [2.05, 4.69) is 17.2 Å². The summed E-state index contributed by atoms with van der Waals surface area (Å²) in [6.07, 6.45) is -0.243. The zero-order valence-corrected chi connectivity index (χ0v) is 7.87. The Morgan fingerprint density at radius 1 is 1.43 bits per heavy atom. The molecular weight excluding hydrogens is 178 g/mol. The van der Waals surface area contributed by atoms with Crippen LogP contribution in [0.4, 0.5) is 10.5 Å². The highest BCUT2D eigenvalue weighted by Crippen LogP contribution is 2.08. The smallest absolute Gasteiger partial charge is 0.409 e. The first-order valence-electron chi connectivity index (χ1n) is 4.31. The molecule has 1 aromatic rings. The Morgan fingerprint density at radius 3 is 2.57 bits per heavy atom. The van der Waals surface area contributed by atoms with Crippen LogP contribution in [0.5, 0.6) is 0 Å². The highest BCUT2D eigenvalue weighted by molar-refractivity contribution is 5.82. The third kappa shape index (κ3) is 3.20. The second kappa shape index (κ2) is 4.93. The van der Waals surface area contributed by atoms with Crippen molar-refractivity contribution in [2.45, 2.75) is 13.3 Å². The van der Waals surface area contributed by atoms with Gasteiger partial charge in [0.2, 0.25) is 0 Å². The Hall–Kier alpha value is -1.95. The van der Waals surface area contributed by atoms with Crippen molar-refractivity contribution < 1.29 is 9.90 Å². The lowest BCUT2D eigenvalue weighted by atomic mass is 10.2. The van der Waals surface area contributed by atoms with Gasteiger partial charge in [-0.1, -0.05) is 18.8 Å². The summed E-state index contributed by atoms with van der Waals surface area (Å²) in [5, 5.41) is 10.7. The van der Waals surface area contributed by atoms with Crippen LogP contribution in [-0.2, 0) is 0 Å². The molecule has 0 radical (unpaired) electrons. The highest BCUT2D eigenvalue weighted by Gasteiger charge is 1.95. The van der Waals surface area contributed by atoms with Crippen LogP contribution in [0.1, 0.15) is 18.9 Å². The predicted molar refractivity (Wildman–Crippen MR) is 55.3 cm³/mol. The van der Waals surface area contributed by atoms with Crippen LogP contribution in [0, 0.1) is 11.8 Å². The van der Waals surface area contributed by atoms with Gasteiger partial charge in [0, 0.05) is 17.7 Å². The fourth-order valence-corrected chi connectivity index (χ4v) is 0.951. The quantitative estimate of drug-likeness (QED) is 0.667. The predicted octanol–water partition coefficient (Wildman–Crippen LogP) is 2.54. The topological polar surface area (TPSA) is 49.3 Å². The van der Waals surface area contributed by atoms with E-state index < -0.39 is 6.09 Å². The van der Waals surface area contributed by atoms with Crippen molar-refractivity contribution in [1.82, 2.24) is 0 Å². The van der Waals surface area contributed by atoms with E-state index in [9.17, 15) is 4.79 Å². The molecule has 0 unspecified atom stereocenters. The zero-order chi connectivity index (χ0) is 10.4. The van der Waals surface area contributed by atoms with Gasteiger partial charge in [0.1, 0.15) is 0 Å². The third-order valence-electron chi connectivity index (χ3n) is 1.55. The van der Waals surface area contributed by atoms with E-state index in [0.717, 1.165) is 12.0 Å². The van der Waals surface area contributed by atoms with Gasteiger partial charge in [-0.3, -0.25) is 5.32 Å². The van der Waals surface area contributed by atoms with E-state index in [1.54, 1.807) is 24.3 Å². The molecule has 0 aliphatic heterocycles. The summed E-state index contributed by atoms with van der Waals surface area (Å²) in [4.78, 5) is 10.3. The number of hydrogen-bond acceptors (Lipinski definition) is 1. The van der Waals surface area contributed by atoms with Crippen LogP contribution in [0.25, 0.3) is 0 Å². The van der Waals surface area contributed by atoms with Crippen molar-refractivity contribution in [3.63, 3.8) is 0 Å². The lowest BCUT2D eigenvalue weighted by Crippen LogP contribution is -2.06. The van der Waals surface area contributed by atoms with Crippen LogP contribution in [0.2, 0.25) is 0 Å². The molecule has 0 heterocycles. The summed E-state index contributed by atoms with van der Waals surface area (Å²) in [6, 6.07) is 6.95. The lowest BCUT2D eigenvalue weighted by Gasteiger charge is -1.99. The Balaban J connectivity index is 2.73. The van der Waals surface area contributed by atoms with Gasteiger partial charge in [-0.15, -0.1) is 0 Å². The summed E-state index contributed by atoms with van der Waals surface area (Å²) in [5.74, 6) is 5.89. The van der Waals surface area contributed by atoms with Gasteiger partial charge in [-0.05, 0) is 24.3 Å². The molecule has 0 aromatic heterocycles. The van der Waals surface area contributed by atoms with Crippen molar-refractivity contribution in [2.24, 2.45) is 0 Å². The number of anilines is 1. The fourth-order valence-electron chi connectivity index (χ4n) is 0.951. The standard InChI is InChI=1S/C11H11NO2/c1-2-3-4-9-5-7-10(8-6-9)12-11(13)14/h5-8,12H,2H2,1H3,(H,13,14). The van der Waals surface area contributed by atoms with Gasteiger partial charge >= 0.3 is 6.09 Å². The Labute approximate surface area is 82.8 Å². The van der Waals surface area contributed by atoms with Gasteiger partial charge < -0.3 is 5.11 Å². The molecule has 1 rings (SSSR count). The zero-order valence-electron chi connectivity index (χ0n) is 7.87. The van der Waals surface area contributed by atoms with E-state index >= 15 is 0 Å². The molecule has 3 nitrogen and oxygen atoms in total. The molecule has 0 aliphatic carbocycles. The Bertz CT molecular complexity index is 371. The summed E-state index contributed by atoms with van der Waals surface area (Å²) in [5.41, 5.74) is 1.45. The number of amides is 1. The first-order valence-corrected chi connectivity index (χ1v) is 4.31. The van der Waals surface area contributed by atoms with E-state index in [1.807, 2.05) is 6.92 Å². The molecule has 0 saturated heterocycles. The van der Waals surface area contributed by atoms with Crippen molar-refractivity contribution in [3.05, 3.63) is 29.8 Å². The minimum absolute atomic E-state index is 0.555. The first kappa shape index (κ1) is 10.1. The molecule has 1 aromatic carbocycles. The molecule has 1 amide bonds. The van der Waals surface area contributed by atoms with Crippen molar-refractivity contribution in [3.8, 4) is 11.8 Å². The molecule has 3 heteroatoms. The number of carboxylic acid groups (broad SMARTS) is 1. The van der Waals surface area contributed by atoms with E-state index in [0.29, 0.717) is 5.69 Å². The average molecular weight is 189 g/mol. The summed E-state index contributed by atoms with van der Waals surface area (Å²) >= 11 is 0. The molecule has 0 saturated carbocycles. The molecule has 72 valence electrons. The fraction of sp³-hybridized carbons (Fsp3) is 0.182. The highest BCUT2D eigenvalue weighted by atomic mass is 16.4. The van der Waals surface area contributed by atoms with Crippen molar-refractivity contribution in [2.75, 3.05) is 5.32 Å². The maximum Gasteiger partial charge on any atom is 0.409 e. The normalized spacial score (nSPS) is 8.64. The van der Waals surface area contributed by atoms with Crippen molar-refractivity contribution in [1.29, 1.82) is 0 Å². The maximum atomic E-state index is 10.3. The van der Waals surface area contributed by atoms with Crippen LogP contribution in [0.15, 0.2) is 24.3 Å². The van der Waals surface area contributed by atoms with Gasteiger partial charge in [0.25, 0.3) is 0 Å². The minimum Gasteiger partial charge on any atom is -0.465 e. The first-order chi connectivity index (χ1) is 6.72. The molecule has 0 bridgehead atoms. The van der Waals surface area contributed by atoms with Gasteiger partial charge in [0.15, 0.2) is 0 Å². The molecule has 0 aliphatic rings. The van der Waals surface area contributed by atoms with E-state index in [1.165, 1.54) is 0 Å². The second-order valence-electron chi connectivity index (χ2n) is 2.66. The maximum absolute atomic E-state index is 10.3. The van der Waals surface area contributed by atoms with E-state index in [-0.39, 0.29) is 0 Å². The molecule has 0 atom stereocenters. The number of benzene rings is 1. The largest absolute Gasteiger partial charge is 0.465 e. The number of hydrogen-bond donors (Lipinski definition) is 2. The van der Waals surface area contributed by atoms with E-state index in [4.69, 9.17) is 5.11 Å². The summed E-state index contributed by atoms with van der Waals surface area (Å²) in [7, 11) is 0. The number of rotatable bonds is 1. The lowest BCUT2D eigenvalue weighted by molar-refractivity contribution is 0.210. The molecule has 0 spiro atoms. The molecule has 14 heavy (non-hydrogen) atoms. The SMILES string of the molecule is CCC#Cc1ccc(NC(=O)O)cc1. The third-order valence-corrected chi connectivity index (χ3v) is 1.55. The van der Waals surface area contributed by atoms with Crippen LogP contribution in [0.3, 0.4) is 0 Å². The average Bonchev–Trinajstić information content (AvgIpc) is 2.16. The number of carbonyl (C=O) groups is 1. The van der Waals surface area contributed by atoms with Gasteiger partial charge in [-0.2, -0.15) is 0 Å². The van der Waals surface area contributed by atoms with Crippen LogP contribution >= 0.6 is 0 Å². The minimum atomic E-state index is -1.06. The monoisotopic (exact) mass is 189 g/mol. The van der Waals surface area contributed by atoms with Crippen molar-refractivity contribution >= 4 is 11.8 Å². The Morgan fingerprint density at radius 2 is 2.07 bits per heavy atom. The Kier molecular flexibility index (Phi) is 3.57. The van der Waals surface area contributed by atoms with Crippen LogP contribution in [-0.4, -0.2) is 11.2 Å². The molecule has 0 fully saturated rings. The molecular formula is C11H11NO2. The van der Waals surface area contributed by atoms with Gasteiger partial charge in [-0.25, -0.2) is 4.79 Å².